The van der Waals surface area contributed by atoms with Gasteiger partial charge in [-0.1, -0.05) is 18.2 Å². The number of benzene rings is 1. The van der Waals surface area contributed by atoms with Gasteiger partial charge in [-0.3, -0.25) is 0 Å². The molecular weight excluding hydrogens is 288 g/mol. The number of hydrogen-bond acceptors (Lipinski definition) is 5. The average molecular weight is 304 g/mol. The SMILES string of the molecule is COc1cc(NC(=S)NCc2ccccc2OC)ncn1. The van der Waals surface area contributed by atoms with Crippen LogP contribution in [0.1, 0.15) is 5.56 Å². The van der Waals surface area contributed by atoms with Crippen LogP contribution < -0.4 is 20.1 Å². The fraction of sp³-hybridized carbons (Fsp3) is 0.214. The van der Waals surface area contributed by atoms with Crippen LogP contribution in [0.5, 0.6) is 11.6 Å². The molecule has 0 unspecified atom stereocenters. The van der Waals surface area contributed by atoms with E-state index in [9.17, 15) is 0 Å². The van der Waals surface area contributed by atoms with Crippen molar-refractivity contribution >= 4 is 23.1 Å². The van der Waals surface area contributed by atoms with Crippen molar-refractivity contribution < 1.29 is 9.47 Å². The predicted octanol–water partition coefficient (Wildman–Crippen LogP) is 1.98. The van der Waals surface area contributed by atoms with Crippen LogP contribution in [0.3, 0.4) is 0 Å². The Hall–Kier alpha value is -2.41. The van der Waals surface area contributed by atoms with Crippen molar-refractivity contribution in [1.82, 2.24) is 15.3 Å². The molecule has 1 heterocycles. The number of ether oxygens (including phenoxy) is 2. The molecule has 1 aromatic heterocycles. The van der Waals surface area contributed by atoms with E-state index in [1.807, 2.05) is 24.3 Å². The summed E-state index contributed by atoms with van der Waals surface area (Å²) in [7, 11) is 3.19. The smallest absolute Gasteiger partial charge is 0.218 e. The Bertz CT molecular complexity index is 621. The Labute approximate surface area is 128 Å². The fourth-order valence-corrected chi connectivity index (χ4v) is 1.88. The second-order valence-corrected chi connectivity index (χ2v) is 4.47. The summed E-state index contributed by atoms with van der Waals surface area (Å²) in [6, 6.07) is 9.42. The highest BCUT2D eigenvalue weighted by molar-refractivity contribution is 7.80. The van der Waals surface area contributed by atoms with E-state index in [0.717, 1.165) is 11.3 Å². The number of rotatable bonds is 5. The highest BCUT2D eigenvalue weighted by Gasteiger charge is 2.04. The molecule has 0 bridgehead atoms. The van der Waals surface area contributed by atoms with Crippen LogP contribution in [0.4, 0.5) is 5.82 Å². The van der Waals surface area contributed by atoms with Crippen molar-refractivity contribution in [2.75, 3.05) is 19.5 Å². The van der Waals surface area contributed by atoms with E-state index in [1.54, 1.807) is 20.3 Å². The minimum atomic E-state index is 0.460. The van der Waals surface area contributed by atoms with Gasteiger partial charge in [0.2, 0.25) is 5.88 Å². The summed E-state index contributed by atoms with van der Waals surface area (Å²) < 4.78 is 10.3. The predicted molar refractivity (Wildman–Crippen MR) is 84.6 cm³/mol. The van der Waals surface area contributed by atoms with Gasteiger partial charge >= 0.3 is 0 Å². The molecule has 110 valence electrons. The zero-order valence-electron chi connectivity index (χ0n) is 11.8. The van der Waals surface area contributed by atoms with E-state index in [1.165, 1.54) is 6.33 Å². The second-order valence-electron chi connectivity index (χ2n) is 4.07. The number of thiocarbonyl (C=S) groups is 1. The topological polar surface area (TPSA) is 68.3 Å². The van der Waals surface area contributed by atoms with E-state index in [4.69, 9.17) is 21.7 Å². The largest absolute Gasteiger partial charge is 0.496 e. The molecule has 2 N–H and O–H groups in total. The molecule has 0 aliphatic carbocycles. The minimum Gasteiger partial charge on any atom is -0.496 e. The number of anilines is 1. The van der Waals surface area contributed by atoms with E-state index in [0.29, 0.717) is 23.4 Å². The van der Waals surface area contributed by atoms with E-state index >= 15 is 0 Å². The summed E-state index contributed by atoms with van der Waals surface area (Å²) in [5.74, 6) is 1.86. The third kappa shape index (κ3) is 4.28. The van der Waals surface area contributed by atoms with Gasteiger partial charge in [0.05, 0.1) is 14.2 Å². The fourth-order valence-electron chi connectivity index (χ4n) is 1.70. The van der Waals surface area contributed by atoms with Crippen LogP contribution in [0, 0.1) is 0 Å². The van der Waals surface area contributed by atoms with Gasteiger partial charge in [-0.2, -0.15) is 0 Å². The van der Waals surface area contributed by atoms with Crippen LogP contribution >= 0.6 is 12.2 Å². The van der Waals surface area contributed by atoms with Gasteiger partial charge in [-0.05, 0) is 18.3 Å². The Balaban J connectivity index is 1.92. The molecule has 0 radical (unpaired) electrons. The van der Waals surface area contributed by atoms with Crippen LogP contribution in [0.2, 0.25) is 0 Å². The molecular formula is C14H16N4O2S. The summed E-state index contributed by atoms with van der Waals surface area (Å²) in [6.45, 7) is 0.554. The highest BCUT2D eigenvalue weighted by atomic mass is 32.1. The third-order valence-corrected chi connectivity index (χ3v) is 2.97. The number of nitrogens with zero attached hydrogens (tertiary/aromatic N) is 2. The summed E-state index contributed by atoms with van der Waals surface area (Å²) in [4.78, 5) is 7.99. The normalized spacial score (nSPS) is 9.81. The van der Waals surface area contributed by atoms with Gasteiger partial charge in [-0.15, -0.1) is 0 Å². The van der Waals surface area contributed by atoms with Crippen molar-refractivity contribution in [3.63, 3.8) is 0 Å². The summed E-state index contributed by atoms with van der Waals surface area (Å²) in [5, 5.41) is 6.53. The molecule has 1 aromatic carbocycles. The van der Waals surface area contributed by atoms with Crippen LogP contribution in [0.15, 0.2) is 36.7 Å². The molecule has 0 atom stereocenters. The highest BCUT2D eigenvalue weighted by Crippen LogP contribution is 2.16. The van der Waals surface area contributed by atoms with E-state index in [-0.39, 0.29) is 0 Å². The monoisotopic (exact) mass is 304 g/mol. The van der Waals surface area contributed by atoms with Gasteiger partial charge in [-0.25, -0.2) is 9.97 Å². The van der Waals surface area contributed by atoms with Crippen molar-refractivity contribution in [2.24, 2.45) is 0 Å². The zero-order chi connectivity index (χ0) is 15.1. The molecule has 0 amide bonds. The van der Waals surface area contributed by atoms with Crippen molar-refractivity contribution in [1.29, 1.82) is 0 Å². The first kappa shape index (κ1) is 15.0. The maximum absolute atomic E-state index is 5.29. The number of methoxy groups -OCH3 is 2. The number of hydrogen-bond donors (Lipinski definition) is 2. The molecule has 0 fully saturated rings. The first-order chi connectivity index (χ1) is 10.2. The van der Waals surface area contributed by atoms with Crippen LogP contribution in [-0.4, -0.2) is 29.3 Å². The third-order valence-electron chi connectivity index (χ3n) is 2.72. The molecule has 2 aromatic rings. The molecule has 0 spiro atoms. The van der Waals surface area contributed by atoms with Crippen LogP contribution in [0.25, 0.3) is 0 Å². The van der Waals surface area contributed by atoms with Crippen molar-refractivity contribution in [3.05, 3.63) is 42.2 Å². The average Bonchev–Trinajstić information content (AvgIpc) is 2.53. The number of aromatic nitrogens is 2. The lowest BCUT2D eigenvalue weighted by molar-refractivity contribution is 0.397. The van der Waals surface area contributed by atoms with Crippen molar-refractivity contribution in [3.8, 4) is 11.6 Å². The van der Waals surface area contributed by atoms with Gasteiger partial charge < -0.3 is 20.1 Å². The Kier molecular flexibility index (Phi) is 5.28. The molecule has 6 nitrogen and oxygen atoms in total. The molecule has 7 heteroatoms. The molecule has 0 aliphatic rings. The molecule has 0 saturated heterocycles. The standard InChI is InChI=1S/C14H16N4O2S/c1-19-11-6-4-3-5-10(11)8-15-14(21)18-12-7-13(20-2)17-9-16-12/h3-7,9H,8H2,1-2H3,(H2,15,16,17,18,21). The van der Waals surface area contributed by atoms with E-state index < -0.39 is 0 Å². The quantitative estimate of drug-likeness (QED) is 0.819. The van der Waals surface area contributed by atoms with Gasteiger partial charge in [0.15, 0.2) is 5.11 Å². The molecule has 0 saturated carbocycles. The van der Waals surface area contributed by atoms with Gasteiger partial charge in [0.25, 0.3) is 0 Å². The molecule has 2 rings (SSSR count). The van der Waals surface area contributed by atoms with E-state index in [2.05, 4.69) is 20.6 Å². The maximum Gasteiger partial charge on any atom is 0.218 e. The minimum absolute atomic E-state index is 0.460. The number of nitrogens with one attached hydrogen (secondary N) is 2. The first-order valence-electron chi connectivity index (χ1n) is 6.25. The lowest BCUT2D eigenvalue weighted by Crippen LogP contribution is -2.28. The lowest BCUT2D eigenvalue weighted by atomic mass is 10.2. The van der Waals surface area contributed by atoms with Gasteiger partial charge in [0, 0.05) is 18.2 Å². The molecule has 0 aliphatic heterocycles. The summed E-state index contributed by atoms with van der Waals surface area (Å²) in [5.41, 5.74) is 1.02. The number of para-hydroxylation sites is 1. The summed E-state index contributed by atoms with van der Waals surface area (Å²) >= 11 is 5.23. The summed E-state index contributed by atoms with van der Waals surface area (Å²) in [6.07, 6.45) is 1.41. The Morgan fingerprint density at radius 1 is 1.19 bits per heavy atom. The van der Waals surface area contributed by atoms with Crippen LogP contribution in [-0.2, 0) is 6.54 Å². The maximum atomic E-state index is 5.29. The Morgan fingerprint density at radius 3 is 2.76 bits per heavy atom. The zero-order valence-corrected chi connectivity index (χ0v) is 12.6. The molecule has 21 heavy (non-hydrogen) atoms. The van der Waals surface area contributed by atoms with Crippen molar-refractivity contribution in [2.45, 2.75) is 6.54 Å². The van der Waals surface area contributed by atoms with Gasteiger partial charge in [0.1, 0.15) is 17.9 Å². The lowest BCUT2D eigenvalue weighted by Gasteiger charge is -2.12. The Morgan fingerprint density at radius 2 is 2.00 bits per heavy atom. The second kappa shape index (κ2) is 7.39. The first-order valence-corrected chi connectivity index (χ1v) is 6.66.